The largest absolute Gasteiger partial charge is 0.478 e. The van der Waals surface area contributed by atoms with E-state index in [9.17, 15) is 27.9 Å². The van der Waals surface area contributed by atoms with Crippen molar-refractivity contribution in [2.45, 2.75) is 26.6 Å². The normalized spacial score (nSPS) is 13.4. The van der Waals surface area contributed by atoms with Gasteiger partial charge in [0.05, 0.1) is 59.8 Å². The number of aromatic carboxylic acids is 2. The second-order valence-electron chi connectivity index (χ2n) is 10.5. The third-order valence-electron chi connectivity index (χ3n) is 7.81. The van der Waals surface area contributed by atoms with Crippen LogP contribution in [-0.4, -0.2) is 58.0 Å². The zero-order valence-electron chi connectivity index (χ0n) is 24.5. The number of fused-ring (bicyclic) bond motifs is 1. The molecule has 0 aliphatic carbocycles. The highest BCUT2D eigenvalue weighted by molar-refractivity contribution is 6.02. The number of alkyl halides is 3. The van der Waals surface area contributed by atoms with Crippen molar-refractivity contribution in [1.82, 2.24) is 9.55 Å². The van der Waals surface area contributed by atoms with Crippen LogP contribution in [0.25, 0.3) is 22.2 Å². The van der Waals surface area contributed by atoms with Crippen molar-refractivity contribution >= 4 is 28.7 Å². The number of aromatic nitrogens is 2. The van der Waals surface area contributed by atoms with E-state index in [2.05, 4.69) is 16.0 Å². The Balaban J connectivity index is 0.000000194. The Bertz CT molecular complexity index is 1840. The zero-order valence-corrected chi connectivity index (χ0v) is 24.5. The van der Waals surface area contributed by atoms with Crippen molar-refractivity contribution in [3.8, 4) is 11.1 Å². The topological polar surface area (TPSA) is 118 Å². The van der Waals surface area contributed by atoms with E-state index in [-0.39, 0.29) is 22.3 Å². The predicted octanol–water partition coefficient (Wildman–Crippen LogP) is 6.90. The van der Waals surface area contributed by atoms with Crippen molar-refractivity contribution in [2.24, 2.45) is 0 Å². The molecule has 0 amide bonds. The molecule has 12 heteroatoms. The molecule has 45 heavy (non-hydrogen) atoms. The lowest BCUT2D eigenvalue weighted by Crippen LogP contribution is -2.36. The van der Waals surface area contributed by atoms with Crippen LogP contribution < -0.4 is 4.90 Å². The van der Waals surface area contributed by atoms with E-state index >= 15 is 0 Å². The van der Waals surface area contributed by atoms with Gasteiger partial charge in [-0.3, -0.25) is 0 Å². The smallest absolute Gasteiger partial charge is 0.416 e. The number of carboxylic acids is 2. The maximum atomic E-state index is 13.2. The molecule has 0 atom stereocenters. The summed E-state index contributed by atoms with van der Waals surface area (Å²) in [5.74, 6) is -2.31. The maximum Gasteiger partial charge on any atom is 0.416 e. The molecule has 0 saturated carbocycles. The van der Waals surface area contributed by atoms with Crippen LogP contribution in [0.5, 0.6) is 0 Å². The summed E-state index contributed by atoms with van der Waals surface area (Å²) in [4.78, 5) is 28.9. The van der Waals surface area contributed by atoms with E-state index in [1.165, 1.54) is 44.6 Å². The summed E-state index contributed by atoms with van der Waals surface area (Å²) in [5.41, 5.74) is 4.38. The number of ether oxygens (including phenoxy) is 1. The molecule has 1 aliphatic rings. The number of furan rings is 1. The summed E-state index contributed by atoms with van der Waals surface area (Å²) < 4.78 is 51.8. The van der Waals surface area contributed by atoms with Crippen LogP contribution >= 0.6 is 0 Å². The molecule has 234 valence electrons. The number of hydrogen-bond donors (Lipinski definition) is 2. The van der Waals surface area contributed by atoms with Gasteiger partial charge >= 0.3 is 18.1 Å². The average molecular weight is 622 g/mol. The zero-order chi connectivity index (χ0) is 32.3. The Morgan fingerprint density at radius 3 is 2.36 bits per heavy atom. The van der Waals surface area contributed by atoms with Gasteiger partial charge in [0, 0.05) is 30.9 Å². The summed E-state index contributed by atoms with van der Waals surface area (Å²) in [6, 6.07) is 14.9. The molecule has 9 nitrogen and oxygen atoms in total. The van der Waals surface area contributed by atoms with E-state index in [4.69, 9.17) is 14.3 Å². The van der Waals surface area contributed by atoms with Crippen LogP contribution in [0.2, 0.25) is 0 Å². The lowest BCUT2D eigenvalue weighted by Gasteiger charge is -2.28. The molecule has 1 saturated heterocycles. The van der Waals surface area contributed by atoms with Crippen molar-refractivity contribution < 1.29 is 42.1 Å². The lowest BCUT2D eigenvalue weighted by atomic mass is 9.94. The fourth-order valence-corrected chi connectivity index (χ4v) is 5.41. The average Bonchev–Trinajstić information content (AvgIpc) is 3.68. The van der Waals surface area contributed by atoms with Crippen LogP contribution in [-0.2, 0) is 17.5 Å². The molecule has 1 aliphatic heterocycles. The van der Waals surface area contributed by atoms with Crippen LogP contribution in [0.15, 0.2) is 77.9 Å². The first kappa shape index (κ1) is 31.3. The second-order valence-corrected chi connectivity index (χ2v) is 10.5. The van der Waals surface area contributed by atoms with E-state index in [0.29, 0.717) is 36.4 Å². The summed E-state index contributed by atoms with van der Waals surface area (Å²) in [5, 5.41) is 18.2. The third-order valence-corrected chi connectivity index (χ3v) is 7.81. The number of carboxylic acid groups (broad SMARTS) is 2. The minimum Gasteiger partial charge on any atom is -0.478 e. The minimum absolute atomic E-state index is 0.0142. The Morgan fingerprint density at radius 2 is 1.71 bits per heavy atom. The molecule has 2 aromatic heterocycles. The Hall–Kier alpha value is -5.10. The molecule has 1 fully saturated rings. The van der Waals surface area contributed by atoms with Gasteiger partial charge in [0.25, 0.3) is 0 Å². The quantitative estimate of drug-likeness (QED) is 0.210. The van der Waals surface area contributed by atoms with Gasteiger partial charge in [0.15, 0.2) is 0 Å². The first-order valence-electron chi connectivity index (χ1n) is 14.0. The highest BCUT2D eigenvalue weighted by Crippen LogP contribution is 2.34. The van der Waals surface area contributed by atoms with Gasteiger partial charge in [-0.1, -0.05) is 18.2 Å². The van der Waals surface area contributed by atoms with Gasteiger partial charge in [-0.15, -0.1) is 0 Å². The van der Waals surface area contributed by atoms with Gasteiger partial charge in [-0.25, -0.2) is 14.6 Å². The van der Waals surface area contributed by atoms with Crippen molar-refractivity contribution in [3.05, 3.63) is 107 Å². The molecule has 3 heterocycles. The Morgan fingerprint density at radius 1 is 0.956 bits per heavy atom. The fraction of sp³-hybridized carbons (Fsp3) is 0.242. The summed E-state index contributed by atoms with van der Waals surface area (Å²) in [7, 11) is 0. The monoisotopic (exact) mass is 621 g/mol. The standard InChI is InChI=1S/C20H20F3N3O.C13H10O5/c1-14-15(3-2-4-17(14)20(21,22)23)12-26-13-24-18-6-5-16(11-19(18)26)25-7-9-27-10-8-25;1-7-9(12(14)15)2-3-10(11(7)13(16)17)8-4-5-18-6-8/h2-6,11,13H,7-10,12H2,1H3;2-6H,1H3,(H,14,15)(H,16,17). The molecule has 0 bridgehead atoms. The van der Waals surface area contributed by atoms with E-state index in [0.717, 1.165) is 35.9 Å². The maximum absolute atomic E-state index is 13.2. The van der Waals surface area contributed by atoms with Gasteiger partial charge < -0.3 is 28.8 Å². The molecular weight excluding hydrogens is 591 g/mol. The molecular formula is C33H30F3N3O6. The van der Waals surface area contributed by atoms with E-state index in [1.807, 2.05) is 16.7 Å². The van der Waals surface area contributed by atoms with Crippen LogP contribution in [0, 0.1) is 13.8 Å². The molecule has 6 rings (SSSR count). The van der Waals surface area contributed by atoms with Crippen LogP contribution in [0.3, 0.4) is 0 Å². The van der Waals surface area contributed by atoms with Gasteiger partial charge in [-0.05, 0) is 72.5 Å². The summed E-state index contributed by atoms with van der Waals surface area (Å²) >= 11 is 0. The molecule has 3 aromatic carbocycles. The molecule has 2 N–H and O–H groups in total. The van der Waals surface area contributed by atoms with Crippen molar-refractivity contribution in [2.75, 3.05) is 31.2 Å². The van der Waals surface area contributed by atoms with Gasteiger partial charge in [0.1, 0.15) is 0 Å². The first-order valence-corrected chi connectivity index (χ1v) is 14.0. The molecule has 0 unspecified atom stereocenters. The summed E-state index contributed by atoms with van der Waals surface area (Å²) in [6.07, 6.45) is 0.192. The number of benzene rings is 3. The van der Waals surface area contributed by atoms with Crippen LogP contribution in [0.1, 0.15) is 43.0 Å². The Labute approximate surface area is 256 Å². The lowest BCUT2D eigenvalue weighted by molar-refractivity contribution is -0.138. The number of imidazole rings is 1. The van der Waals surface area contributed by atoms with Gasteiger partial charge in [0.2, 0.25) is 0 Å². The van der Waals surface area contributed by atoms with Crippen LogP contribution in [0.4, 0.5) is 18.9 Å². The highest BCUT2D eigenvalue weighted by atomic mass is 19.4. The number of nitrogens with zero attached hydrogens (tertiary/aromatic N) is 3. The highest BCUT2D eigenvalue weighted by Gasteiger charge is 2.32. The molecule has 5 aromatic rings. The van der Waals surface area contributed by atoms with Gasteiger partial charge in [-0.2, -0.15) is 13.2 Å². The molecule has 0 radical (unpaired) electrons. The number of morpholine rings is 1. The Kier molecular flexibility index (Phi) is 8.96. The number of anilines is 1. The summed E-state index contributed by atoms with van der Waals surface area (Å²) in [6.45, 7) is 6.39. The minimum atomic E-state index is -4.35. The predicted molar refractivity (Wildman–Crippen MR) is 161 cm³/mol. The molecule has 0 spiro atoms. The number of hydrogen-bond acceptors (Lipinski definition) is 6. The number of halogens is 3. The second kappa shape index (κ2) is 12.9. The third kappa shape index (κ3) is 6.70. The fourth-order valence-electron chi connectivity index (χ4n) is 5.41. The van der Waals surface area contributed by atoms with E-state index in [1.54, 1.807) is 18.5 Å². The SMILES string of the molecule is Cc1c(C(=O)O)ccc(-c2ccoc2)c1C(=O)O.Cc1c(Cn2cnc3ccc(N4CCOCC4)cc32)cccc1C(F)(F)F. The first-order chi connectivity index (χ1) is 21.5. The number of carbonyl (C=O) groups is 2. The number of rotatable bonds is 6. The van der Waals surface area contributed by atoms with Crippen molar-refractivity contribution in [3.63, 3.8) is 0 Å². The van der Waals surface area contributed by atoms with Crippen molar-refractivity contribution in [1.29, 1.82) is 0 Å². The van der Waals surface area contributed by atoms with E-state index < -0.39 is 23.7 Å².